The molecule has 0 aliphatic heterocycles. The van der Waals surface area contributed by atoms with Crippen LogP contribution in [0, 0.1) is 3.57 Å². The minimum atomic E-state index is -2.08. The normalized spacial score (nSPS) is 12.7. The maximum Gasteiger partial charge on any atom is 0.276 e. The second-order valence-electron chi connectivity index (χ2n) is 3.04. The molecule has 0 spiro atoms. The van der Waals surface area contributed by atoms with Crippen molar-refractivity contribution in [3.05, 3.63) is 21.8 Å². The van der Waals surface area contributed by atoms with Gasteiger partial charge in [-0.25, -0.2) is 9.37 Å². The van der Waals surface area contributed by atoms with E-state index in [2.05, 4.69) is 37.9 Å². The summed E-state index contributed by atoms with van der Waals surface area (Å²) in [5.41, 5.74) is -0.610. The van der Waals surface area contributed by atoms with Crippen molar-refractivity contribution in [2.75, 3.05) is 5.32 Å². The number of amides is 1. The van der Waals surface area contributed by atoms with E-state index in [1.54, 1.807) is 6.07 Å². The molecule has 0 radical (unpaired) electrons. The van der Waals surface area contributed by atoms with Crippen molar-refractivity contribution >= 4 is 57.1 Å². The Hall–Kier alpha value is -0.890. The van der Waals surface area contributed by atoms with Crippen LogP contribution < -0.4 is 5.32 Å². The van der Waals surface area contributed by atoms with Crippen LogP contribution in [0.5, 0.6) is 0 Å². The summed E-state index contributed by atoms with van der Waals surface area (Å²) in [6.45, 7) is 0. The zero-order valence-corrected chi connectivity index (χ0v) is 10.7. The minimum absolute atomic E-state index is 0.185. The molecular formula is C9H6ClFIN3O. The third-order valence-corrected chi connectivity index (χ3v) is 2.75. The summed E-state index contributed by atoms with van der Waals surface area (Å²) in [5.74, 6) is -0.749. The van der Waals surface area contributed by atoms with Crippen LogP contribution in [0.4, 0.5) is 10.3 Å². The first kappa shape index (κ1) is 11.6. The summed E-state index contributed by atoms with van der Waals surface area (Å²) in [5, 5.41) is 2.24. The van der Waals surface area contributed by atoms with E-state index >= 15 is 0 Å². The summed E-state index contributed by atoms with van der Waals surface area (Å²) < 4.78 is 13.4. The summed E-state index contributed by atoms with van der Waals surface area (Å²) >= 11 is 7.14. The van der Waals surface area contributed by atoms with Crippen LogP contribution in [0.15, 0.2) is 18.2 Å². The Labute approximate surface area is 109 Å². The lowest BCUT2D eigenvalue weighted by Gasteiger charge is -1.99. The van der Waals surface area contributed by atoms with Crippen LogP contribution in [0.25, 0.3) is 11.0 Å². The number of rotatable bonds is 2. The molecule has 0 saturated carbocycles. The average Bonchev–Trinajstić information content (AvgIpc) is 2.58. The molecule has 0 aliphatic rings. The molecule has 2 aromatic rings. The Balaban J connectivity index is 2.29. The van der Waals surface area contributed by atoms with Gasteiger partial charge in [-0.3, -0.25) is 10.1 Å². The summed E-state index contributed by atoms with van der Waals surface area (Å²) in [4.78, 5) is 17.9. The monoisotopic (exact) mass is 353 g/mol. The first-order valence-corrected chi connectivity index (χ1v) is 5.82. The van der Waals surface area contributed by atoms with Crippen LogP contribution in [0.3, 0.4) is 0 Å². The summed E-state index contributed by atoms with van der Waals surface area (Å²) in [6, 6.07) is 5.55. The van der Waals surface area contributed by atoms with Crippen LogP contribution >= 0.6 is 34.2 Å². The Morgan fingerprint density at radius 1 is 1.62 bits per heavy atom. The molecule has 0 aliphatic carbocycles. The quantitative estimate of drug-likeness (QED) is 0.644. The maximum absolute atomic E-state index is 12.4. The van der Waals surface area contributed by atoms with Gasteiger partial charge in [0.25, 0.3) is 11.5 Å². The molecule has 1 amide bonds. The first-order valence-electron chi connectivity index (χ1n) is 4.30. The van der Waals surface area contributed by atoms with Gasteiger partial charge in [0, 0.05) is 3.57 Å². The standard InChI is InChI=1S/C9H6ClFIN3O/c10-7(11)8(16)15-9-13-5-2-1-4(12)3-6(5)14-9/h1-3,7H,(H2,13,14,15,16). The van der Waals surface area contributed by atoms with Crippen LogP contribution in [-0.2, 0) is 4.79 Å². The number of carbonyl (C=O) groups excluding carboxylic acids is 1. The third-order valence-electron chi connectivity index (χ3n) is 1.88. The predicted octanol–water partition coefficient (Wildman–Crippen LogP) is 2.64. The molecule has 1 atom stereocenters. The van der Waals surface area contributed by atoms with Crippen molar-refractivity contribution in [1.82, 2.24) is 9.97 Å². The van der Waals surface area contributed by atoms with Crippen molar-refractivity contribution in [1.29, 1.82) is 0 Å². The number of nitrogens with zero attached hydrogens (tertiary/aromatic N) is 1. The lowest BCUT2D eigenvalue weighted by Crippen LogP contribution is -2.19. The van der Waals surface area contributed by atoms with E-state index in [0.717, 1.165) is 9.09 Å². The molecule has 0 bridgehead atoms. The lowest BCUT2D eigenvalue weighted by molar-refractivity contribution is -0.118. The van der Waals surface area contributed by atoms with E-state index in [-0.39, 0.29) is 5.95 Å². The fraction of sp³-hybridized carbons (Fsp3) is 0.111. The van der Waals surface area contributed by atoms with Gasteiger partial charge in [-0.2, -0.15) is 0 Å². The summed E-state index contributed by atoms with van der Waals surface area (Å²) in [6.07, 6.45) is 0. The van der Waals surface area contributed by atoms with Crippen LogP contribution in [0.1, 0.15) is 0 Å². The highest BCUT2D eigenvalue weighted by Crippen LogP contribution is 2.17. The third kappa shape index (κ3) is 2.43. The van der Waals surface area contributed by atoms with Crippen molar-refractivity contribution in [3.63, 3.8) is 0 Å². The van der Waals surface area contributed by atoms with Gasteiger partial charge in [0.15, 0.2) is 0 Å². The van der Waals surface area contributed by atoms with E-state index in [0.29, 0.717) is 5.52 Å². The predicted molar refractivity (Wildman–Crippen MR) is 68.2 cm³/mol. The van der Waals surface area contributed by atoms with Gasteiger partial charge in [-0.15, -0.1) is 0 Å². The number of aromatic amines is 1. The molecule has 0 saturated heterocycles. The Bertz CT molecular complexity index is 543. The largest absolute Gasteiger partial charge is 0.324 e. The number of halogens is 3. The van der Waals surface area contributed by atoms with Crippen molar-refractivity contribution < 1.29 is 9.18 Å². The second-order valence-corrected chi connectivity index (χ2v) is 4.67. The maximum atomic E-state index is 12.4. The SMILES string of the molecule is O=C(Nc1nc2ccc(I)cc2[nH]1)C(F)Cl. The van der Waals surface area contributed by atoms with Crippen molar-refractivity contribution in [2.45, 2.75) is 5.63 Å². The highest BCUT2D eigenvalue weighted by Gasteiger charge is 2.14. The number of carbonyl (C=O) groups is 1. The number of imidazole rings is 1. The molecule has 0 fully saturated rings. The lowest BCUT2D eigenvalue weighted by atomic mass is 10.3. The van der Waals surface area contributed by atoms with Gasteiger partial charge < -0.3 is 4.98 Å². The van der Waals surface area contributed by atoms with Gasteiger partial charge >= 0.3 is 0 Å². The number of anilines is 1. The minimum Gasteiger partial charge on any atom is -0.324 e. The van der Waals surface area contributed by atoms with Gasteiger partial charge in [0.1, 0.15) is 0 Å². The Morgan fingerprint density at radius 2 is 2.38 bits per heavy atom. The molecule has 2 N–H and O–H groups in total. The average molecular weight is 354 g/mol. The van der Waals surface area contributed by atoms with Gasteiger partial charge in [0.2, 0.25) is 5.95 Å². The molecule has 1 heterocycles. The number of fused-ring (bicyclic) bond motifs is 1. The Morgan fingerprint density at radius 3 is 3.06 bits per heavy atom. The fourth-order valence-corrected chi connectivity index (χ4v) is 1.76. The molecule has 1 aromatic carbocycles. The number of hydrogen-bond acceptors (Lipinski definition) is 2. The number of aromatic nitrogens is 2. The number of nitrogens with one attached hydrogen (secondary N) is 2. The molecule has 7 heteroatoms. The highest BCUT2D eigenvalue weighted by molar-refractivity contribution is 14.1. The van der Waals surface area contributed by atoms with Gasteiger partial charge in [-0.1, -0.05) is 11.6 Å². The highest BCUT2D eigenvalue weighted by atomic mass is 127. The van der Waals surface area contributed by atoms with E-state index < -0.39 is 11.5 Å². The fourth-order valence-electron chi connectivity index (χ4n) is 1.21. The second kappa shape index (κ2) is 4.54. The molecule has 1 unspecified atom stereocenters. The molecule has 16 heavy (non-hydrogen) atoms. The molecular weight excluding hydrogens is 347 g/mol. The van der Waals surface area contributed by atoms with Gasteiger partial charge in [0.05, 0.1) is 11.0 Å². The molecule has 4 nitrogen and oxygen atoms in total. The number of hydrogen-bond donors (Lipinski definition) is 2. The van der Waals surface area contributed by atoms with Crippen LogP contribution in [-0.4, -0.2) is 21.5 Å². The molecule has 84 valence electrons. The molecule has 2 rings (SSSR count). The van der Waals surface area contributed by atoms with E-state index in [4.69, 9.17) is 11.6 Å². The number of benzene rings is 1. The van der Waals surface area contributed by atoms with E-state index in [1.807, 2.05) is 12.1 Å². The zero-order chi connectivity index (χ0) is 11.7. The number of H-pyrrole nitrogens is 1. The van der Waals surface area contributed by atoms with Gasteiger partial charge in [-0.05, 0) is 40.8 Å². The Kier molecular flexibility index (Phi) is 3.29. The van der Waals surface area contributed by atoms with E-state index in [9.17, 15) is 9.18 Å². The zero-order valence-electron chi connectivity index (χ0n) is 7.80. The van der Waals surface area contributed by atoms with Crippen molar-refractivity contribution in [3.8, 4) is 0 Å². The first-order chi connectivity index (χ1) is 7.56. The smallest absolute Gasteiger partial charge is 0.276 e. The number of alkyl halides is 2. The summed E-state index contributed by atoms with van der Waals surface area (Å²) in [7, 11) is 0. The topological polar surface area (TPSA) is 57.8 Å². The van der Waals surface area contributed by atoms with Crippen molar-refractivity contribution in [2.24, 2.45) is 0 Å². The van der Waals surface area contributed by atoms with E-state index in [1.165, 1.54) is 0 Å². The van der Waals surface area contributed by atoms with Crippen LogP contribution in [0.2, 0.25) is 0 Å². The molecule has 1 aromatic heterocycles.